The molecule has 4 N–H and O–H groups in total. The van der Waals surface area contributed by atoms with Gasteiger partial charge in [-0.1, -0.05) is 90.0 Å². The first-order chi connectivity index (χ1) is 43.7. The number of likely N-dealkylation sites (N-methyl/N-ethyl adjacent to an activating group) is 7. The van der Waals surface area contributed by atoms with Crippen LogP contribution in [0.2, 0.25) is 0 Å². The highest BCUT2D eigenvalue weighted by Gasteiger charge is 2.46. The van der Waals surface area contributed by atoms with Gasteiger partial charge in [-0.25, -0.2) is 0 Å². The summed E-state index contributed by atoms with van der Waals surface area (Å²) in [5.74, 6) is -11.3. The van der Waals surface area contributed by atoms with E-state index < -0.39 is 161 Å². The maximum Gasteiger partial charge on any atom is 0.246 e. The Balaban J connectivity index is 2.99. The number of unbranched alkanes of at least 4 members (excludes halogenated alkanes) is 1. The van der Waals surface area contributed by atoms with Crippen LogP contribution < -0.4 is 10.6 Å². The van der Waals surface area contributed by atoms with Crippen molar-refractivity contribution in [2.75, 3.05) is 95.4 Å². The molecule has 0 aromatic heterocycles. The molecule has 540 valence electrons. The summed E-state index contributed by atoms with van der Waals surface area (Å²) < 4.78 is 11.9. The molecular formula is C69H124N10O15. The van der Waals surface area contributed by atoms with E-state index in [0.29, 0.717) is 19.6 Å². The average Bonchev–Trinajstić information content (AvgIpc) is 0.810. The number of carbonyl (C=O) groups is 11. The van der Waals surface area contributed by atoms with Crippen LogP contribution in [0.1, 0.15) is 169 Å². The van der Waals surface area contributed by atoms with Gasteiger partial charge in [-0.3, -0.25) is 57.6 Å². The van der Waals surface area contributed by atoms with Crippen molar-refractivity contribution in [2.24, 2.45) is 47.3 Å². The molecule has 0 bridgehead atoms. The first kappa shape index (κ1) is 84.5. The second-order valence-electron chi connectivity index (χ2n) is 28.8. The number of Topliss-reactive ketones (excluding diaryl/α,β-unsaturated/α-hetero) is 2. The van der Waals surface area contributed by atoms with Crippen LogP contribution in [-0.4, -0.2) is 276 Å². The molecule has 0 aromatic rings. The van der Waals surface area contributed by atoms with Crippen molar-refractivity contribution in [1.29, 1.82) is 0 Å². The minimum Gasteiger partial charge on any atom is -0.396 e. The molecule has 0 radical (unpaired) electrons. The number of morpholine rings is 1. The van der Waals surface area contributed by atoms with Crippen LogP contribution in [0.5, 0.6) is 0 Å². The van der Waals surface area contributed by atoms with Gasteiger partial charge in [0.1, 0.15) is 48.3 Å². The molecule has 0 aliphatic carbocycles. The molecule has 2 saturated heterocycles. The van der Waals surface area contributed by atoms with Gasteiger partial charge in [0.25, 0.3) is 0 Å². The van der Waals surface area contributed by atoms with Crippen molar-refractivity contribution < 1.29 is 72.4 Å². The lowest BCUT2D eigenvalue weighted by Crippen LogP contribution is -2.64. The molecule has 2 heterocycles. The van der Waals surface area contributed by atoms with Crippen molar-refractivity contribution in [1.82, 2.24) is 49.8 Å². The third-order valence-corrected chi connectivity index (χ3v) is 19.1. The Hall–Kier alpha value is -5.63. The van der Waals surface area contributed by atoms with Gasteiger partial charge in [-0.15, -0.1) is 0 Å². The van der Waals surface area contributed by atoms with E-state index in [9.17, 15) is 43.8 Å². The molecule has 2 fully saturated rings. The van der Waals surface area contributed by atoms with Gasteiger partial charge < -0.3 is 64.6 Å². The van der Waals surface area contributed by atoms with Crippen molar-refractivity contribution in [3.05, 3.63) is 0 Å². The van der Waals surface area contributed by atoms with Crippen molar-refractivity contribution in [2.45, 2.75) is 235 Å². The lowest BCUT2D eigenvalue weighted by molar-refractivity contribution is -0.157. The van der Waals surface area contributed by atoms with Crippen molar-refractivity contribution >= 4 is 64.7 Å². The van der Waals surface area contributed by atoms with E-state index in [1.165, 1.54) is 87.7 Å². The fourth-order valence-electron chi connectivity index (χ4n) is 12.8. The number of carbonyl (C=O) groups excluding carboxylic acids is 11. The van der Waals surface area contributed by atoms with Crippen LogP contribution in [0.3, 0.4) is 0 Å². The lowest BCUT2D eigenvalue weighted by atomic mass is 9.85. The summed E-state index contributed by atoms with van der Waals surface area (Å²) in [5, 5.41) is 27.6. The van der Waals surface area contributed by atoms with Gasteiger partial charge in [0, 0.05) is 100 Å². The largest absolute Gasteiger partial charge is 0.396 e. The predicted molar refractivity (Wildman–Crippen MR) is 360 cm³/mol. The SMILES string of the molecule is CC[C@@H]1NC(=O)[C@H]([C@H](O)[C@H](C)CCO)N(C)C(=O)[C@H](C(C)C)N(C)C(=O)[C@H](CC(C)C)N(C)C(=O)[C@H](CC(C)C)N(C)C(=O)[C@@H](C)NC(=O)[C@H](C)CC(=O)[C@H](CC(C)C)N(C)C(=O)[C@H](C(C)C)CC(=O)[C@H]([C@@H](C)OCCCCN2CCOCC2)N(C)C(=O)[C@@H](C)N(C)C1=O. The second kappa shape index (κ2) is 39.6. The minimum absolute atomic E-state index is 0.0148. The van der Waals surface area contributed by atoms with Crippen LogP contribution >= 0.6 is 0 Å². The van der Waals surface area contributed by atoms with Crippen LogP contribution in [-0.2, 0) is 62.2 Å². The van der Waals surface area contributed by atoms with E-state index in [2.05, 4.69) is 15.5 Å². The molecule has 25 heteroatoms. The molecule has 0 saturated carbocycles. The molecule has 2 rings (SSSR count). The summed E-state index contributed by atoms with van der Waals surface area (Å²) in [5.41, 5.74) is 0. The quantitative estimate of drug-likeness (QED) is 0.126. The molecule has 0 aromatic carbocycles. The predicted octanol–water partition coefficient (Wildman–Crippen LogP) is 3.73. The standard InChI is InChI=1S/C69H124N10O15/c1-24-51-66(89)72(17)48(15)64(87)77(22)58(49(16)94-32-26-25-28-79-29-33-93-34-30-79)56(82)39-50(43(8)9)65(88)73(18)52(35-40(2)3)55(81)38-46(13)61(84)70-47(14)63(86)74(19)53(36-41(4)5)67(90)75(20)54(37-42(6)7)68(91)76(21)57(44(10)11)69(92)78(23)59(62(85)71-51)60(83)45(12)27-31-80/h40-54,57-60,80,83H,24-39H2,1-23H3,(H,70,84)(H,71,85)/t45-,46-,47-,48-,49-,50+,51+,52+,53+,54+,57+,58+,59+,60-/m1/s1. The van der Waals surface area contributed by atoms with Gasteiger partial charge >= 0.3 is 0 Å². The van der Waals surface area contributed by atoms with Gasteiger partial charge in [-0.05, 0) is 108 Å². The highest BCUT2D eigenvalue weighted by Crippen LogP contribution is 2.29. The van der Waals surface area contributed by atoms with E-state index in [1.54, 1.807) is 55.4 Å². The highest BCUT2D eigenvalue weighted by molar-refractivity contribution is 6.00. The number of amides is 9. The Labute approximate surface area is 562 Å². The molecule has 94 heavy (non-hydrogen) atoms. The third-order valence-electron chi connectivity index (χ3n) is 19.1. The van der Waals surface area contributed by atoms with E-state index >= 15 is 19.2 Å². The third kappa shape index (κ3) is 23.6. The fraction of sp³-hybridized carbons (Fsp3) is 0.841. The molecule has 2 aliphatic heterocycles. The number of hydrogen-bond acceptors (Lipinski definition) is 16. The number of hydrogen-bond donors (Lipinski definition) is 4. The van der Waals surface area contributed by atoms with E-state index in [0.717, 1.165) is 35.9 Å². The minimum atomic E-state index is -1.71. The maximum absolute atomic E-state index is 15.2. The summed E-state index contributed by atoms with van der Waals surface area (Å²) in [4.78, 5) is 174. The number of rotatable bonds is 20. The molecule has 0 spiro atoms. The molecule has 0 unspecified atom stereocenters. The number of ether oxygens (including phenoxy) is 2. The summed E-state index contributed by atoms with van der Waals surface area (Å²) in [6, 6.07) is -11.5. The zero-order chi connectivity index (χ0) is 72.1. The molecule has 9 amide bonds. The van der Waals surface area contributed by atoms with Gasteiger partial charge in [-0.2, -0.15) is 0 Å². The summed E-state index contributed by atoms with van der Waals surface area (Å²) in [6.45, 7) is 31.2. The zero-order valence-electron chi connectivity index (χ0n) is 61.6. The first-order valence-electron chi connectivity index (χ1n) is 34.4. The summed E-state index contributed by atoms with van der Waals surface area (Å²) in [6.07, 6.45) is -1.33. The van der Waals surface area contributed by atoms with Crippen LogP contribution in [0.4, 0.5) is 0 Å². The highest BCUT2D eigenvalue weighted by atomic mass is 16.5. The van der Waals surface area contributed by atoms with E-state index in [-0.39, 0.29) is 75.9 Å². The average molecular weight is 1330 g/mol. The smallest absolute Gasteiger partial charge is 0.246 e. The normalized spacial score (nSPS) is 27.8. The Morgan fingerprint density at radius 3 is 1.51 bits per heavy atom. The van der Waals surface area contributed by atoms with Crippen LogP contribution in [0, 0.1) is 47.3 Å². The molecule has 25 nitrogen and oxygen atoms in total. The van der Waals surface area contributed by atoms with Gasteiger partial charge in [0.05, 0.1) is 31.5 Å². The van der Waals surface area contributed by atoms with Crippen LogP contribution in [0.25, 0.3) is 0 Å². The Kier molecular flexibility index (Phi) is 35.5. The topological polar surface area (TPSA) is 297 Å². The summed E-state index contributed by atoms with van der Waals surface area (Å²) in [7, 11) is 9.95. The zero-order valence-corrected chi connectivity index (χ0v) is 61.6. The molecule has 2 aliphatic rings. The Morgan fingerprint density at radius 2 is 1.01 bits per heavy atom. The number of nitrogens with zero attached hydrogens (tertiary/aromatic N) is 8. The molecular weight excluding hydrogens is 1210 g/mol. The Bertz CT molecular complexity index is 2510. The van der Waals surface area contributed by atoms with Crippen molar-refractivity contribution in [3.63, 3.8) is 0 Å². The first-order valence-corrected chi connectivity index (χ1v) is 34.4. The van der Waals surface area contributed by atoms with Gasteiger partial charge in [0.15, 0.2) is 11.6 Å². The fourth-order valence-corrected chi connectivity index (χ4v) is 12.8. The second-order valence-corrected chi connectivity index (χ2v) is 28.8. The Morgan fingerprint density at radius 1 is 0.521 bits per heavy atom. The number of nitrogens with one attached hydrogen (secondary N) is 2. The number of aliphatic hydroxyl groups excluding tert-OH is 2. The van der Waals surface area contributed by atoms with E-state index in [4.69, 9.17) is 9.47 Å². The van der Waals surface area contributed by atoms with Crippen LogP contribution in [0.15, 0.2) is 0 Å². The van der Waals surface area contributed by atoms with Crippen molar-refractivity contribution in [3.8, 4) is 0 Å². The molecule has 14 atom stereocenters. The lowest BCUT2D eigenvalue weighted by Gasteiger charge is -2.41. The van der Waals surface area contributed by atoms with E-state index in [1.807, 2.05) is 41.5 Å². The summed E-state index contributed by atoms with van der Waals surface area (Å²) >= 11 is 0. The number of aliphatic hydroxyl groups is 2. The van der Waals surface area contributed by atoms with Gasteiger partial charge in [0.2, 0.25) is 53.2 Å². The monoisotopic (exact) mass is 1330 g/mol. The maximum atomic E-state index is 15.2. The number of ketones is 2.